The van der Waals surface area contributed by atoms with Crippen LogP contribution in [-0.4, -0.2) is 62.0 Å². The monoisotopic (exact) mass is 486 g/mol. The summed E-state index contributed by atoms with van der Waals surface area (Å²) in [7, 11) is -2.34. The summed E-state index contributed by atoms with van der Waals surface area (Å²) in [5.41, 5.74) is 2.33. The van der Waals surface area contributed by atoms with Crippen LogP contribution in [0.3, 0.4) is 0 Å². The third kappa shape index (κ3) is 5.08. The summed E-state index contributed by atoms with van der Waals surface area (Å²) < 4.78 is 38.4. The lowest BCUT2D eigenvalue weighted by Crippen LogP contribution is -2.40. The number of methoxy groups -OCH3 is 1. The third-order valence-electron chi connectivity index (χ3n) is 5.87. The maximum absolute atomic E-state index is 13.2. The first kappa shape index (κ1) is 24.2. The molecular weight excluding hydrogens is 456 g/mol. The van der Waals surface area contributed by atoms with E-state index in [1.165, 1.54) is 17.5 Å². The van der Waals surface area contributed by atoms with Crippen LogP contribution in [0.5, 0.6) is 5.75 Å². The number of imidazole rings is 1. The number of amides is 1. The minimum Gasteiger partial charge on any atom is -0.495 e. The highest BCUT2D eigenvalue weighted by atomic mass is 32.2. The molecule has 1 amide bonds. The second kappa shape index (κ2) is 10.1. The maximum atomic E-state index is 13.2. The fourth-order valence-electron chi connectivity index (χ4n) is 4.04. The molecule has 2 heterocycles. The summed E-state index contributed by atoms with van der Waals surface area (Å²) in [6.45, 7) is 5.29. The molecule has 9 nitrogen and oxygen atoms in total. The normalized spacial score (nSPS) is 16.0. The number of H-pyrrole nitrogens is 1. The lowest BCUT2D eigenvalue weighted by molar-refractivity contribution is -0.121. The summed E-state index contributed by atoms with van der Waals surface area (Å²) >= 11 is 0. The molecule has 1 unspecified atom stereocenters. The van der Waals surface area contributed by atoms with E-state index in [4.69, 9.17) is 9.47 Å². The van der Waals surface area contributed by atoms with Crippen LogP contribution < -0.4 is 10.1 Å². The predicted molar refractivity (Wildman–Crippen MR) is 128 cm³/mol. The lowest BCUT2D eigenvalue weighted by Gasteiger charge is -2.27. The molecule has 1 aliphatic heterocycles. The average molecular weight is 487 g/mol. The number of benzene rings is 2. The van der Waals surface area contributed by atoms with E-state index in [2.05, 4.69) is 15.3 Å². The van der Waals surface area contributed by atoms with E-state index in [0.717, 1.165) is 11.0 Å². The van der Waals surface area contributed by atoms with Crippen LogP contribution in [0.2, 0.25) is 0 Å². The molecule has 4 rings (SSSR count). The largest absolute Gasteiger partial charge is 0.495 e. The number of carbonyl (C=O) groups excluding carboxylic acids is 1. The molecule has 1 aromatic heterocycles. The number of hydrogen-bond acceptors (Lipinski definition) is 6. The van der Waals surface area contributed by atoms with Gasteiger partial charge in [-0.1, -0.05) is 32.0 Å². The molecule has 3 aromatic rings. The highest BCUT2D eigenvalue weighted by molar-refractivity contribution is 7.89. The van der Waals surface area contributed by atoms with Crippen molar-refractivity contribution in [2.45, 2.75) is 31.2 Å². The van der Waals surface area contributed by atoms with E-state index in [9.17, 15) is 13.2 Å². The molecule has 1 saturated heterocycles. The second-order valence-corrected chi connectivity index (χ2v) is 10.5. The molecule has 1 aliphatic rings. The SMILES string of the molecule is COc1ccc(CC(=O)NC(c2nc3ccccc3[nH]2)C(C)C)cc1S(=O)(=O)N1CCOCC1. The zero-order valence-corrected chi connectivity index (χ0v) is 20.4. The van der Waals surface area contributed by atoms with Crippen molar-refractivity contribution in [1.82, 2.24) is 19.6 Å². The van der Waals surface area contributed by atoms with E-state index >= 15 is 0 Å². The molecule has 34 heavy (non-hydrogen) atoms. The smallest absolute Gasteiger partial charge is 0.246 e. The van der Waals surface area contributed by atoms with E-state index in [1.807, 2.05) is 38.1 Å². The zero-order valence-electron chi connectivity index (χ0n) is 19.6. The van der Waals surface area contributed by atoms with Crippen molar-refractivity contribution in [2.24, 2.45) is 5.92 Å². The quantitative estimate of drug-likeness (QED) is 0.506. The Morgan fingerprint density at radius 1 is 1.21 bits per heavy atom. The molecule has 0 bridgehead atoms. The molecule has 1 fully saturated rings. The Balaban J connectivity index is 1.54. The van der Waals surface area contributed by atoms with Crippen LogP contribution in [0, 0.1) is 5.92 Å². The molecule has 1 atom stereocenters. The van der Waals surface area contributed by atoms with Crippen molar-refractivity contribution in [3.8, 4) is 5.75 Å². The van der Waals surface area contributed by atoms with E-state index in [0.29, 0.717) is 24.6 Å². The molecule has 0 aliphatic carbocycles. The van der Waals surface area contributed by atoms with Gasteiger partial charge in [-0.2, -0.15) is 4.31 Å². The topological polar surface area (TPSA) is 114 Å². The Morgan fingerprint density at radius 3 is 2.62 bits per heavy atom. The van der Waals surface area contributed by atoms with Crippen LogP contribution in [0.1, 0.15) is 31.3 Å². The minimum absolute atomic E-state index is 0.0269. The van der Waals surface area contributed by atoms with Crippen molar-refractivity contribution >= 4 is 27.0 Å². The highest BCUT2D eigenvalue weighted by Gasteiger charge is 2.30. The first-order chi connectivity index (χ1) is 16.3. The van der Waals surface area contributed by atoms with Gasteiger partial charge in [-0.25, -0.2) is 13.4 Å². The first-order valence-electron chi connectivity index (χ1n) is 11.3. The summed E-state index contributed by atoms with van der Waals surface area (Å²) in [5, 5.41) is 3.05. The number of para-hydroxylation sites is 2. The van der Waals surface area contributed by atoms with Gasteiger partial charge in [0.2, 0.25) is 15.9 Å². The minimum atomic E-state index is -3.78. The average Bonchev–Trinajstić information content (AvgIpc) is 3.26. The van der Waals surface area contributed by atoms with Gasteiger partial charge in [0.05, 0.1) is 43.8 Å². The van der Waals surface area contributed by atoms with Crippen LogP contribution in [0.25, 0.3) is 11.0 Å². The van der Waals surface area contributed by atoms with Crippen LogP contribution >= 0.6 is 0 Å². The predicted octanol–water partition coefficient (Wildman–Crippen LogP) is 2.65. The van der Waals surface area contributed by atoms with Gasteiger partial charge in [0, 0.05) is 13.1 Å². The number of nitrogens with one attached hydrogen (secondary N) is 2. The molecule has 10 heteroatoms. The standard InChI is InChI=1S/C24H30N4O5S/c1-16(2)23(24-25-18-6-4-5-7-19(18)26-24)27-22(29)15-17-8-9-20(32-3)21(14-17)34(30,31)28-10-12-33-13-11-28/h4-9,14,16,23H,10-13,15H2,1-3H3,(H,25,26)(H,27,29). The van der Waals surface area contributed by atoms with Crippen LogP contribution in [-0.2, 0) is 26.0 Å². The highest BCUT2D eigenvalue weighted by Crippen LogP contribution is 2.29. The molecule has 182 valence electrons. The number of morpholine rings is 1. The first-order valence-corrected chi connectivity index (χ1v) is 12.7. The lowest BCUT2D eigenvalue weighted by atomic mass is 10.0. The number of aromatic amines is 1. The number of sulfonamides is 1. The Labute approximate surface area is 199 Å². The number of aromatic nitrogens is 2. The van der Waals surface area contributed by atoms with Gasteiger partial charge >= 0.3 is 0 Å². The third-order valence-corrected chi connectivity index (χ3v) is 7.79. The van der Waals surface area contributed by atoms with Gasteiger partial charge in [-0.05, 0) is 35.7 Å². The fourth-order valence-corrected chi connectivity index (χ4v) is 5.65. The van der Waals surface area contributed by atoms with E-state index in [1.54, 1.807) is 12.1 Å². The molecule has 2 N–H and O–H groups in total. The van der Waals surface area contributed by atoms with Gasteiger partial charge in [0.1, 0.15) is 16.5 Å². The van der Waals surface area contributed by atoms with Crippen molar-refractivity contribution < 1.29 is 22.7 Å². The molecule has 2 aromatic carbocycles. The number of fused-ring (bicyclic) bond motifs is 1. The fraction of sp³-hybridized carbons (Fsp3) is 0.417. The Hall–Kier alpha value is -2.95. The van der Waals surface area contributed by atoms with Crippen molar-refractivity contribution in [3.05, 3.63) is 53.9 Å². The Bertz CT molecular complexity index is 1230. The van der Waals surface area contributed by atoms with Gasteiger partial charge < -0.3 is 19.8 Å². The van der Waals surface area contributed by atoms with Gasteiger partial charge in [-0.3, -0.25) is 4.79 Å². The molecular formula is C24H30N4O5S. The molecule has 0 spiro atoms. The Kier molecular flexibility index (Phi) is 7.20. The number of rotatable bonds is 8. The van der Waals surface area contributed by atoms with E-state index < -0.39 is 10.0 Å². The number of nitrogens with zero attached hydrogens (tertiary/aromatic N) is 2. The van der Waals surface area contributed by atoms with Crippen LogP contribution in [0.4, 0.5) is 0 Å². The summed E-state index contributed by atoms with van der Waals surface area (Å²) in [6, 6.07) is 12.2. The molecule has 0 saturated carbocycles. The van der Waals surface area contributed by atoms with Crippen molar-refractivity contribution in [3.63, 3.8) is 0 Å². The number of hydrogen-bond donors (Lipinski definition) is 2. The Morgan fingerprint density at radius 2 is 1.94 bits per heavy atom. The van der Waals surface area contributed by atoms with Crippen molar-refractivity contribution in [1.29, 1.82) is 0 Å². The summed E-state index contributed by atoms with van der Waals surface area (Å²) in [4.78, 5) is 21.0. The van der Waals surface area contributed by atoms with Crippen LogP contribution in [0.15, 0.2) is 47.4 Å². The molecule has 0 radical (unpaired) electrons. The second-order valence-electron chi connectivity index (χ2n) is 8.61. The zero-order chi connectivity index (χ0) is 24.3. The number of carbonyl (C=O) groups is 1. The van der Waals surface area contributed by atoms with Gasteiger partial charge in [0.25, 0.3) is 0 Å². The van der Waals surface area contributed by atoms with E-state index in [-0.39, 0.29) is 48.0 Å². The summed E-state index contributed by atoms with van der Waals surface area (Å²) in [6.07, 6.45) is 0.0269. The van der Waals surface area contributed by atoms with Gasteiger partial charge in [0.15, 0.2) is 0 Å². The number of ether oxygens (including phenoxy) is 2. The van der Waals surface area contributed by atoms with Crippen molar-refractivity contribution in [2.75, 3.05) is 33.4 Å². The maximum Gasteiger partial charge on any atom is 0.246 e. The summed E-state index contributed by atoms with van der Waals surface area (Å²) in [5.74, 6) is 0.810. The van der Waals surface area contributed by atoms with Gasteiger partial charge in [-0.15, -0.1) is 0 Å².